The lowest BCUT2D eigenvalue weighted by Gasteiger charge is -2.36. The van der Waals surface area contributed by atoms with Crippen LogP contribution >= 0.6 is 0 Å². The SMILES string of the molecule is NC(=O)Nc1ccc(C(=O)NCC2(O)CCC2)cc1. The molecule has 1 aromatic rings. The second-order valence-electron chi connectivity index (χ2n) is 4.83. The van der Waals surface area contributed by atoms with Crippen LogP contribution in [0.4, 0.5) is 10.5 Å². The fourth-order valence-corrected chi connectivity index (χ4v) is 1.96. The maximum Gasteiger partial charge on any atom is 0.316 e. The van der Waals surface area contributed by atoms with Gasteiger partial charge in [-0.2, -0.15) is 0 Å². The molecule has 0 radical (unpaired) electrons. The van der Waals surface area contributed by atoms with E-state index in [0.29, 0.717) is 11.3 Å². The lowest BCUT2D eigenvalue weighted by atomic mass is 9.80. The van der Waals surface area contributed by atoms with E-state index >= 15 is 0 Å². The minimum absolute atomic E-state index is 0.244. The molecule has 0 unspecified atom stereocenters. The molecule has 1 aliphatic carbocycles. The van der Waals surface area contributed by atoms with E-state index in [4.69, 9.17) is 5.73 Å². The van der Waals surface area contributed by atoms with Gasteiger partial charge >= 0.3 is 6.03 Å². The molecule has 0 aliphatic heterocycles. The van der Waals surface area contributed by atoms with Crippen LogP contribution in [0, 0.1) is 0 Å². The summed E-state index contributed by atoms with van der Waals surface area (Å²) in [5.74, 6) is -0.244. The largest absolute Gasteiger partial charge is 0.388 e. The number of rotatable bonds is 4. The summed E-state index contributed by atoms with van der Waals surface area (Å²) in [7, 11) is 0. The maximum absolute atomic E-state index is 11.8. The molecule has 0 heterocycles. The Morgan fingerprint density at radius 1 is 1.26 bits per heavy atom. The molecule has 1 fully saturated rings. The Hall–Kier alpha value is -2.08. The van der Waals surface area contributed by atoms with Crippen molar-refractivity contribution in [3.63, 3.8) is 0 Å². The molecule has 0 aromatic heterocycles. The van der Waals surface area contributed by atoms with Crippen molar-refractivity contribution in [1.29, 1.82) is 0 Å². The molecule has 6 nitrogen and oxygen atoms in total. The number of amides is 3. The van der Waals surface area contributed by atoms with Gasteiger partial charge in [0.05, 0.1) is 5.60 Å². The van der Waals surface area contributed by atoms with E-state index in [9.17, 15) is 14.7 Å². The average molecular weight is 263 g/mol. The Balaban J connectivity index is 1.90. The standard InChI is InChI=1S/C13H17N3O3/c14-12(18)16-10-4-2-9(3-5-10)11(17)15-8-13(19)6-1-7-13/h2-5,19H,1,6-8H2,(H,15,17)(H3,14,16,18). The van der Waals surface area contributed by atoms with Crippen LogP contribution in [0.5, 0.6) is 0 Å². The molecule has 1 aromatic carbocycles. The fourth-order valence-electron chi connectivity index (χ4n) is 1.96. The summed E-state index contributed by atoms with van der Waals surface area (Å²) in [6, 6.07) is 5.72. The van der Waals surface area contributed by atoms with Gasteiger partial charge in [0.15, 0.2) is 0 Å². The molecule has 1 saturated carbocycles. The molecule has 102 valence electrons. The summed E-state index contributed by atoms with van der Waals surface area (Å²) < 4.78 is 0. The Kier molecular flexibility index (Phi) is 3.71. The number of aliphatic hydroxyl groups is 1. The monoisotopic (exact) mass is 263 g/mol. The van der Waals surface area contributed by atoms with Gasteiger partial charge in [-0.1, -0.05) is 0 Å². The zero-order valence-corrected chi connectivity index (χ0v) is 10.5. The summed E-state index contributed by atoms with van der Waals surface area (Å²) in [6.45, 7) is 0.271. The molecule has 6 heteroatoms. The smallest absolute Gasteiger partial charge is 0.316 e. The second-order valence-corrected chi connectivity index (χ2v) is 4.83. The molecule has 0 saturated heterocycles. The van der Waals surface area contributed by atoms with Gasteiger partial charge < -0.3 is 21.5 Å². The summed E-state index contributed by atoms with van der Waals surface area (Å²) in [5.41, 5.74) is 5.25. The lowest BCUT2D eigenvalue weighted by molar-refractivity contribution is -0.0300. The number of benzene rings is 1. The molecule has 5 N–H and O–H groups in total. The molecule has 1 aliphatic rings. The number of urea groups is 1. The average Bonchev–Trinajstić information content (AvgIpc) is 2.34. The Bertz CT molecular complexity index is 480. The highest BCUT2D eigenvalue weighted by Crippen LogP contribution is 2.30. The number of nitrogens with two attached hydrogens (primary N) is 1. The van der Waals surface area contributed by atoms with Crippen molar-refractivity contribution in [3.8, 4) is 0 Å². The lowest BCUT2D eigenvalue weighted by Crippen LogP contribution is -2.47. The van der Waals surface area contributed by atoms with Crippen LogP contribution in [0.3, 0.4) is 0 Å². The van der Waals surface area contributed by atoms with Crippen molar-refractivity contribution in [2.45, 2.75) is 24.9 Å². The van der Waals surface area contributed by atoms with E-state index in [2.05, 4.69) is 10.6 Å². The number of hydrogen-bond acceptors (Lipinski definition) is 3. The molecule has 0 spiro atoms. The van der Waals surface area contributed by atoms with Gasteiger partial charge in [0.1, 0.15) is 0 Å². The number of nitrogens with one attached hydrogen (secondary N) is 2. The van der Waals surface area contributed by atoms with E-state index in [1.165, 1.54) is 0 Å². The Morgan fingerprint density at radius 3 is 2.37 bits per heavy atom. The van der Waals surface area contributed by atoms with Crippen molar-refractivity contribution < 1.29 is 14.7 Å². The van der Waals surface area contributed by atoms with E-state index in [1.54, 1.807) is 24.3 Å². The van der Waals surface area contributed by atoms with Gasteiger partial charge in [-0.15, -0.1) is 0 Å². The van der Waals surface area contributed by atoms with Crippen molar-refractivity contribution in [3.05, 3.63) is 29.8 Å². The van der Waals surface area contributed by atoms with Gasteiger partial charge in [-0.05, 0) is 43.5 Å². The minimum Gasteiger partial charge on any atom is -0.388 e. The van der Waals surface area contributed by atoms with Gasteiger partial charge in [0.25, 0.3) is 5.91 Å². The summed E-state index contributed by atoms with van der Waals surface area (Å²) >= 11 is 0. The number of carbonyl (C=O) groups is 2. The third-order valence-corrected chi connectivity index (χ3v) is 3.28. The van der Waals surface area contributed by atoms with Crippen LogP contribution in [-0.4, -0.2) is 29.2 Å². The third kappa shape index (κ3) is 3.45. The number of hydrogen-bond donors (Lipinski definition) is 4. The molecular formula is C13H17N3O3. The Labute approximate surface area is 111 Å². The molecule has 19 heavy (non-hydrogen) atoms. The van der Waals surface area contributed by atoms with Crippen molar-refractivity contribution in [2.24, 2.45) is 5.73 Å². The minimum atomic E-state index is -0.733. The quantitative estimate of drug-likeness (QED) is 0.646. The van der Waals surface area contributed by atoms with Crippen molar-refractivity contribution in [1.82, 2.24) is 5.32 Å². The third-order valence-electron chi connectivity index (χ3n) is 3.28. The highest BCUT2D eigenvalue weighted by Gasteiger charge is 2.34. The molecule has 0 bridgehead atoms. The maximum atomic E-state index is 11.8. The van der Waals surface area contributed by atoms with Crippen molar-refractivity contribution >= 4 is 17.6 Å². The Morgan fingerprint density at radius 2 is 1.89 bits per heavy atom. The summed E-state index contributed by atoms with van der Waals surface area (Å²) in [4.78, 5) is 22.5. The van der Waals surface area contributed by atoms with Gasteiger partial charge in [-0.3, -0.25) is 4.79 Å². The predicted octanol–water partition coefficient (Wildman–Crippen LogP) is 0.822. The molecule has 0 atom stereocenters. The van der Waals surface area contributed by atoms with Crippen LogP contribution in [-0.2, 0) is 0 Å². The highest BCUT2D eigenvalue weighted by atomic mass is 16.3. The zero-order valence-electron chi connectivity index (χ0n) is 10.5. The predicted molar refractivity (Wildman–Crippen MR) is 70.8 cm³/mol. The van der Waals surface area contributed by atoms with E-state index in [-0.39, 0.29) is 12.5 Å². The van der Waals surface area contributed by atoms with Crippen LogP contribution in [0.1, 0.15) is 29.6 Å². The van der Waals surface area contributed by atoms with Crippen LogP contribution < -0.4 is 16.4 Å². The molecule has 2 rings (SSSR count). The van der Waals surface area contributed by atoms with Crippen LogP contribution in [0.2, 0.25) is 0 Å². The second kappa shape index (κ2) is 5.27. The normalized spacial score (nSPS) is 16.3. The first-order valence-corrected chi connectivity index (χ1v) is 6.16. The first-order chi connectivity index (χ1) is 8.98. The van der Waals surface area contributed by atoms with Crippen LogP contribution in [0.15, 0.2) is 24.3 Å². The first kappa shape index (κ1) is 13.4. The van der Waals surface area contributed by atoms with Gasteiger partial charge in [0.2, 0.25) is 0 Å². The van der Waals surface area contributed by atoms with Gasteiger partial charge in [0, 0.05) is 17.8 Å². The topological polar surface area (TPSA) is 104 Å². The molecule has 3 amide bonds. The number of carbonyl (C=O) groups excluding carboxylic acids is 2. The summed E-state index contributed by atoms with van der Waals surface area (Å²) in [6.07, 6.45) is 2.46. The summed E-state index contributed by atoms with van der Waals surface area (Å²) in [5, 5.41) is 15.0. The first-order valence-electron chi connectivity index (χ1n) is 6.16. The van der Waals surface area contributed by atoms with E-state index in [1.807, 2.05) is 0 Å². The number of primary amides is 1. The fraction of sp³-hybridized carbons (Fsp3) is 0.385. The van der Waals surface area contributed by atoms with Crippen LogP contribution in [0.25, 0.3) is 0 Å². The van der Waals surface area contributed by atoms with E-state index in [0.717, 1.165) is 19.3 Å². The zero-order chi connectivity index (χ0) is 13.9. The van der Waals surface area contributed by atoms with Crippen molar-refractivity contribution in [2.75, 3.05) is 11.9 Å². The van der Waals surface area contributed by atoms with Gasteiger partial charge in [-0.25, -0.2) is 4.79 Å². The molecular weight excluding hydrogens is 246 g/mol. The number of anilines is 1. The highest BCUT2D eigenvalue weighted by molar-refractivity contribution is 5.95. The van der Waals surface area contributed by atoms with E-state index < -0.39 is 11.6 Å².